The van der Waals surface area contributed by atoms with E-state index in [0.29, 0.717) is 6.26 Å². The Hall–Kier alpha value is -4.39. The minimum Gasteiger partial charge on any atom is -0.464 e. The molecule has 246 valence electrons. The Morgan fingerprint density at radius 1 is 0.978 bits per heavy atom. The molecule has 0 aliphatic rings. The second kappa shape index (κ2) is 16.1. The first kappa shape index (κ1) is 36.8. The van der Waals surface area contributed by atoms with E-state index in [1.54, 1.807) is 64.1 Å². The van der Waals surface area contributed by atoms with Crippen molar-refractivity contribution in [3.05, 3.63) is 77.7 Å². The number of hydrogen-bond acceptors (Lipinski definition) is 9. The van der Waals surface area contributed by atoms with E-state index in [1.165, 1.54) is 24.1 Å². The predicted molar refractivity (Wildman–Crippen MR) is 167 cm³/mol. The van der Waals surface area contributed by atoms with E-state index in [9.17, 15) is 27.6 Å². The lowest BCUT2D eigenvalue weighted by Crippen LogP contribution is -2.55. The van der Waals surface area contributed by atoms with Crippen molar-refractivity contribution in [1.29, 1.82) is 0 Å². The molecule has 0 radical (unpaired) electrons. The van der Waals surface area contributed by atoms with Gasteiger partial charge in [0.25, 0.3) is 0 Å². The summed E-state index contributed by atoms with van der Waals surface area (Å²) < 4.78 is 40.4. The fraction of sp³-hybridized carbons (Fsp3) is 0.438. The lowest BCUT2D eigenvalue weighted by molar-refractivity contribution is -0.142. The number of rotatable bonds is 13. The molecule has 2 atom stereocenters. The van der Waals surface area contributed by atoms with Gasteiger partial charge < -0.3 is 29.2 Å². The fourth-order valence-corrected chi connectivity index (χ4v) is 4.92. The molecule has 0 saturated heterocycles. The van der Waals surface area contributed by atoms with Crippen molar-refractivity contribution in [1.82, 2.24) is 15.5 Å². The molecule has 13 heteroatoms. The van der Waals surface area contributed by atoms with Crippen molar-refractivity contribution in [2.24, 2.45) is 5.92 Å². The third-order valence-corrected chi connectivity index (χ3v) is 7.55. The van der Waals surface area contributed by atoms with Gasteiger partial charge in [-0.2, -0.15) is 8.42 Å². The van der Waals surface area contributed by atoms with Gasteiger partial charge in [-0.25, -0.2) is 9.59 Å². The zero-order valence-corrected chi connectivity index (χ0v) is 27.8. The molecule has 45 heavy (non-hydrogen) atoms. The van der Waals surface area contributed by atoms with Gasteiger partial charge in [0.1, 0.15) is 28.8 Å². The molecule has 12 nitrogen and oxygen atoms in total. The minimum absolute atomic E-state index is 0.0916. The number of nitrogens with one attached hydrogen (secondary N) is 2. The van der Waals surface area contributed by atoms with Gasteiger partial charge in [0.15, 0.2) is 5.70 Å². The highest BCUT2D eigenvalue weighted by molar-refractivity contribution is 7.86. The molecule has 3 amide bonds. The van der Waals surface area contributed by atoms with Gasteiger partial charge in [-0.1, -0.05) is 61.9 Å². The molecular weight excluding hydrogens is 602 g/mol. The zero-order valence-electron chi connectivity index (χ0n) is 26.9. The number of amides is 3. The van der Waals surface area contributed by atoms with Crippen LogP contribution in [0, 0.1) is 12.8 Å². The second-order valence-electron chi connectivity index (χ2n) is 11.9. The van der Waals surface area contributed by atoms with Crippen LogP contribution < -0.4 is 10.6 Å². The van der Waals surface area contributed by atoms with E-state index in [1.807, 2.05) is 19.9 Å². The van der Waals surface area contributed by atoms with Crippen LogP contribution in [0.3, 0.4) is 0 Å². The second-order valence-corrected chi connectivity index (χ2v) is 13.4. The number of carbonyl (C=O) groups excluding carboxylic acids is 4. The van der Waals surface area contributed by atoms with Crippen molar-refractivity contribution >= 4 is 34.0 Å². The summed E-state index contributed by atoms with van der Waals surface area (Å²) in [5.41, 5.74) is 0.171. The number of esters is 1. The maximum atomic E-state index is 13.9. The number of hydrogen-bond donors (Lipinski definition) is 2. The number of ether oxygens (including phenoxy) is 2. The molecule has 2 aromatic carbocycles. The number of aryl methyl sites for hydroxylation is 1. The maximum absolute atomic E-state index is 13.9. The van der Waals surface area contributed by atoms with Gasteiger partial charge in [-0.15, -0.1) is 0 Å². The molecule has 0 aromatic heterocycles. The van der Waals surface area contributed by atoms with Crippen molar-refractivity contribution in [3.63, 3.8) is 0 Å². The third-order valence-electron chi connectivity index (χ3n) is 6.35. The van der Waals surface area contributed by atoms with Crippen LogP contribution in [-0.2, 0) is 44.6 Å². The number of carbonyl (C=O) groups is 4. The molecule has 2 N–H and O–H groups in total. The Morgan fingerprint density at radius 3 is 2.11 bits per heavy atom. The van der Waals surface area contributed by atoms with E-state index >= 15 is 0 Å². The van der Waals surface area contributed by atoms with Gasteiger partial charge >= 0.3 is 22.2 Å². The van der Waals surface area contributed by atoms with Crippen LogP contribution in [0.5, 0.6) is 0 Å². The van der Waals surface area contributed by atoms with Gasteiger partial charge in [-0.3, -0.25) is 9.59 Å². The van der Waals surface area contributed by atoms with E-state index in [-0.39, 0.29) is 23.7 Å². The van der Waals surface area contributed by atoms with Gasteiger partial charge in [0.05, 0.1) is 7.11 Å². The van der Waals surface area contributed by atoms with E-state index < -0.39 is 57.4 Å². The Labute approximate surface area is 265 Å². The summed E-state index contributed by atoms with van der Waals surface area (Å²) in [6, 6.07) is 12.6. The number of methoxy groups -OCH3 is 1. The fourth-order valence-electron chi connectivity index (χ4n) is 4.11. The summed E-state index contributed by atoms with van der Waals surface area (Å²) in [5, 5.41) is 4.97. The molecule has 2 aromatic rings. The molecule has 0 unspecified atom stereocenters. The number of alkyl carbamates (subject to hydrolysis) is 1. The number of likely N-dealkylation sites (N-methyl/N-ethyl adjacent to an activating group) is 1. The monoisotopic (exact) mass is 645 g/mol. The van der Waals surface area contributed by atoms with Crippen LogP contribution in [0.15, 0.2) is 71.5 Å². The molecule has 2 rings (SSSR count). The lowest BCUT2D eigenvalue weighted by atomic mass is 9.99. The highest BCUT2D eigenvalue weighted by Crippen LogP contribution is 2.17. The summed E-state index contributed by atoms with van der Waals surface area (Å²) in [6.45, 7) is 10.5. The van der Waals surface area contributed by atoms with Crippen LogP contribution in [-0.4, -0.2) is 69.0 Å². The van der Waals surface area contributed by atoms with Gasteiger partial charge in [-0.05, 0) is 57.7 Å². The first-order chi connectivity index (χ1) is 20.9. The molecule has 0 fully saturated rings. The van der Waals surface area contributed by atoms with Crippen LogP contribution in [0.1, 0.15) is 52.2 Å². The largest absolute Gasteiger partial charge is 0.464 e. The summed E-state index contributed by atoms with van der Waals surface area (Å²) in [7, 11) is -1.88. The quantitative estimate of drug-likeness (QED) is 0.143. The van der Waals surface area contributed by atoms with Crippen molar-refractivity contribution in [2.45, 2.75) is 77.0 Å². The average molecular weight is 646 g/mol. The molecule has 0 bridgehead atoms. The third kappa shape index (κ3) is 11.9. The van der Waals surface area contributed by atoms with Gasteiger partial charge in [0, 0.05) is 13.5 Å². The molecular formula is C32H43N3O9S. The van der Waals surface area contributed by atoms with E-state index in [2.05, 4.69) is 10.6 Å². The predicted octanol–water partition coefficient (Wildman–Crippen LogP) is 3.84. The van der Waals surface area contributed by atoms with Gasteiger partial charge in [0.2, 0.25) is 11.8 Å². The number of benzene rings is 2. The Bertz CT molecular complexity index is 1470. The summed E-state index contributed by atoms with van der Waals surface area (Å²) in [6.07, 6.45) is 0.0420. The smallest absolute Gasteiger partial charge is 0.408 e. The molecule has 0 aliphatic heterocycles. The normalized spacial score (nSPS) is 13.3. The van der Waals surface area contributed by atoms with Crippen molar-refractivity contribution in [2.75, 3.05) is 14.2 Å². The average Bonchev–Trinajstić information content (AvgIpc) is 2.96. The summed E-state index contributed by atoms with van der Waals surface area (Å²) in [5.74, 6) is -2.56. The minimum atomic E-state index is -4.34. The standard InChI is InChI=1S/C32H43N3O9S/c1-21(2)18-27(28(36)33-26(30(38)42-8)20-43-45(40,41)24-16-14-22(3)15-17-24)35(7)29(37)25(19-23-12-10-9-11-13-23)34-31(39)44-32(4,5)6/h9-17,20-21,25,27H,18-19H2,1-8H3,(H,33,36)(H,34,39)/b26-20+/t25-,27-/m0/s1. The SMILES string of the molecule is COC(=O)/C(=C\OS(=O)(=O)c1ccc(C)cc1)NC(=O)[C@H](CC(C)C)N(C)C(=O)[C@H](Cc1ccccc1)NC(=O)OC(C)(C)C. The number of nitrogens with zero attached hydrogens (tertiary/aromatic N) is 1. The first-order valence-corrected chi connectivity index (χ1v) is 15.7. The zero-order chi connectivity index (χ0) is 33.9. The Balaban J connectivity index is 2.37. The lowest BCUT2D eigenvalue weighted by Gasteiger charge is -2.32. The van der Waals surface area contributed by atoms with Crippen molar-refractivity contribution in [3.8, 4) is 0 Å². The van der Waals surface area contributed by atoms with Crippen molar-refractivity contribution < 1.29 is 41.3 Å². The summed E-state index contributed by atoms with van der Waals surface area (Å²) >= 11 is 0. The van der Waals surface area contributed by atoms with E-state index in [4.69, 9.17) is 13.7 Å². The highest BCUT2D eigenvalue weighted by Gasteiger charge is 2.34. The molecule has 0 spiro atoms. The van der Waals surface area contributed by atoms with Crippen LogP contribution >= 0.6 is 0 Å². The molecule has 0 aliphatic carbocycles. The van der Waals surface area contributed by atoms with Crippen LogP contribution in [0.2, 0.25) is 0 Å². The maximum Gasteiger partial charge on any atom is 0.408 e. The molecule has 0 heterocycles. The summed E-state index contributed by atoms with van der Waals surface area (Å²) in [4.78, 5) is 53.7. The molecule has 0 saturated carbocycles. The Morgan fingerprint density at radius 2 is 1.58 bits per heavy atom. The van der Waals surface area contributed by atoms with Crippen LogP contribution in [0.4, 0.5) is 4.79 Å². The first-order valence-electron chi connectivity index (χ1n) is 14.3. The Kier molecular flexibility index (Phi) is 13.1. The highest BCUT2D eigenvalue weighted by atomic mass is 32.2. The van der Waals surface area contributed by atoms with E-state index in [0.717, 1.165) is 18.2 Å². The topological polar surface area (TPSA) is 157 Å². The van der Waals surface area contributed by atoms with Crippen LogP contribution in [0.25, 0.3) is 0 Å².